The number of hydrogen-bond acceptors (Lipinski definition) is 3. The third-order valence-electron chi connectivity index (χ3n) is 4.35. The van der Waals surface area contributed by atoms with Crippen molar-refractivity contribution in [2.45, 2.75) is 38.3 Å². The Hall–Kier alpha value is -2.62. The number of nitrogens with one attached hydrogen (secondary N) is 1. The fourth-order valence-corrected chi connectivity index (χ4v) is 3.05. The molecule has 1 aliphatic rings. The van der Waals surface area contributed by atoms with Gasteiger partial charge in [-0.3, -0.25) is 4.79 Å². The van der Waals surface area contributed by atoms with Crippen LogP contribution < -0.4 is 5.32 Å². The van der Waals surface area contributed by atoms with Crippen LogP contribution in [0.15, 0.2) is 54.6 Å². The number of esters is 1. The average Bonchev–Trinajstić information content (AvgIpc) is 2.62. The fourth-order valence-electron chi connectivity index (χ4n) is 3.05. The maximum absolute atomic E-state index is 12.4. The van der Waals surface area contributed by atoms with E-state index in [2.05, 4.69) is 17.4 Å². The minimum atomic E-state index is -0.827. The van der Waals surface area contributed by atoms with Gasteiger partial charge in [0.05, 0.1) is 11.6 Å². The van der Waals surface area contributed by atoms with Crippen molar-refractivity contribution in [1.82, 2.24) is 5.32 Å². The lowest BCUT2D eigenvalue weighted by Gasteiger charge is -2.27. The molecule has 4 nitrogen and oxygen atoms in total. The smallest absolute Gasteiger partial charge is 0.338 e. The lowest BCUT2D eigenvalue weighted by atomic mass is 9.87. The Kier molecular flexibility index (Phi) is 4.94. The summed E-state index contributed by atoms with van der Waals surface area (Å²) in [5.74, 6) is -0.747. The SMILES string of the molecule is C[C@H](OC(=O)c1ccccc1)C(=O)N[C@@H]1CCCc2ccccc21. The molecule has 1 amide bonds. The van der Waals surface area contributed by atoms with Gasteiger partial charge in [0.2, 0.25) is 0 Å². The number of carbonyl (C=O) groups is 2. The molecule has 2 atom stereocenters. The number of ether oxygens (including phenoxy) is 1. The molecular formula is C20H21NO3. The predicted molar refractivity (Wildman–Crippen MR) is 91.6 cm³/mol. The Morgan fingerprint density at radius 1 is 1.08 bits per heavy atom. The summed E-state index contributed by atoms with van der Waals surface area (Å²) in [6.07, 6.45) is 2.16. The minimum absolute atomic E-state index is 0.0136. The molecule has 0 fully saturated rings. The first kappa shape index (κ1) is 16.2. The van der Waals surface area contributed by atoms with E-state index in [4.69, 9.17) is 4.74 Å². The summed E-state index contributed by atoms with van der Waals surface area (Å²) in [5, 5.41) is 3.02. The van der Waals surface area contributed by atoms with Gasteiger partial charge in [0.25, 0.3) is 5.91 Å². The van der Waals surface area contributed by atoms with E-state index in [1.165, 1.54) is 11.1 Å². The maximum atomic E-state index is 12.4. The molecule has 0 heterocycles. The molecule has 0 saturated carbocycles. The molecule has 2 aromatic carbocycles. The Morgan fingerprint density at radius 3 is 2.58 bits per heavy atom. The molecule has 1 aliphatic carbocycles. The number of fused-ring (bicyclic) bond motifs is 1. The summed E-state index contributed by atoms with van der Waals surface area (Å²) < 4.78 is 5.28. The summed E-state index contributed by atoms with van der Waals surface area (Å²) in [4.78, 5) is 24.4. The van der Waals surface area contributed by atoms with Gasteiger partial charge in [0, 0.05) is 0 Å². The highest BCUT2D eigenvalue weighted by molar-refractivity contribution is 5.92. The Balaban J connectivity index is 1.62. The number of rotatable bonds is 4. The first-order valence-corrected chi connectivity index (χ1v) is 8.29. The molecule has 2 aromatic rings. The Labute approximate surface area is 141 Å². The summed E-state index contributed by atoms with van der Waals surface area (Å²) in [6, 6.07) is 16.9. The van der Waals surface area contributed by atoms with Gasteiger partial charge in [0.15, 0.2) is 6.10 Å². The van der Waals surface area contributed by atoms with Gasteiger partial charge in [0.1, 0.15) is 0 Å². The van der Waals surface area contributed by atoms with Crippen molar-refractivity contribution < 1.29 is 14.3 Å². The molecule has 0 bridgehead atoms. The normalized spacial score (nSPS) is 17.5. The first-order valence-electron chi connectivity index (χ1n) is 8.29. The Morgan fingerprint density at radius 2 is 1.79 bits per heavy atom. The molecule has 0 spiro atoms. The summed E-state index contributed by atoms with van der Waals surface area (Å²) in [6.45, 7) is 1.60. The number of aryl methyl sites for hydroxylation is 1. The van der Waals surface area contributed by atoms with Crippen LogP contribution in [0.5, 0.6) is 0 Å². The van der Waals surface area contributed by atoms with Crippen molar-refractivity contribution in [3.63, 3.8) is 0 Å². The van der Waals surface area contributed by atoms with Crippen molar-refractivity contribution in [2.75, 3.05) is 0 Å². The first-order chi connectivity index (χ1) is 11.6. The Bertz CT molecular complexity index is 727. The second kappa shape index (κ2) is 7.30. The van der Waals surface area contributed by atoms with Crippen LogP contribution in [0.4, 0.5) is 0 Å². The van der Waals surface area contributed by atoms with Crippen molar-refractivity contribution in [3.05, 3.63) is 71.3 Å². The van der Waals surface area contributed by atoms with Gasteiger partial charge in [-0.15, -0.1) is 0 Å². The van der Waals surface area contributed by atoms with E-state index in [1.54, 1.807) is 31.2 Å². The van der Waals surface area contributed by atoms with Gasteiger partial charge in [-0.2, -0.15) is 0 Å². The van der Waals surface area contributed by atoms with Gasteiger partial charge < -0.3 is 10.1 Å². The van der Waals surface area contributed by atoms with Crippen LogP contribution in [0.1, 0.15) is 47.3 Å². The topological polar surface area (TPSA) is 55.4 Å². The van der Waals surface area contributed by atoms with Crippen LogP contribution in [-0.2, 0) is 16.0 Å². The van der Waals surface area contributed by atoms with E-state index in [-0.39, 0.29) is 11.9 Å². The molecular weight excluding hydrogens is 302 g/mol. The predicted octanol–water partition coefficient (Wildman–Crippen LogP) is 3.43. The molecule has 124 valence electrons. The van der Waals surface area contributed by atoms with E-state index in [0.29, 0.717) is 5.56 Å². The fraction of sp³-hybridized carbons (Fsp3) is 0.300. The van der Waals surface area contributed by atoms with Crippen LogP contribution in [-0.4, -0.2) is 18.0 Å². The zero-order valence-electron chi connectivity index (χ0n) is 13.7. The summed E-state index contributed by atoms with van der Waals surface area (Å²) in [5.41, 5.74) is 2.89. The second-order valence-corrected chi connectivity index (χ2v) is 6.07. The van der Waals surface area contributed by atoms with Gasteiger partial charge in [-0.1, -0.05) is 42.5 Å². The zero-order chi connectivity index (χ0) is 16.9. The number of carbonyl (C=O) groups excluding carboxylic acids is 2. The zero-order valence-corrected chi connectivity index (χ0v) is 13.7. The molecule has 0 aromatic heterocycles. The molecule has 24 heavy (non-hydrogen) atoms. The highest BCUT2D eigenvalue weighted by Crippen LogP contribution is 2.29. The van der Waals surface area contributed by atoms with E-state index in [1.807, 2.05) is 18.2 Å². The highest BCUT2D eigenvalue weighted by Gasteiger charge is 2.25. The monoisotopic (exact) mass is 323 g/mol. The highest BCUT2D eigenvalue weighted by atomic mass is 16.5. The van der Waals surface area contributed by atoms with Crippen LogP contribution in [0.25, 0.3) is 0 Å². The van der Waals surface area contributed by atoms with Crippen molar-refractivity contribution in [2.24, 2.45) is 0 Å². The standard InChI is InChI=1S/C20H21NO3/c1-14(24-20(23)16-9-3-2-4-10-16)19(22)21-18-13-7-11-15-8-5-6-12-17(15)18/h2-6,8-10,12,14,18H,7,11,13H2,1H3,(H,21,22)/t14-,18+/m0/s1. The molecule has 0 radical (unpaired) electrons. The number of hydrogen-bond donors (Lipinski definition) is 1. The van der Waals surface area contributed by atoms with E-state index < -0.39 is 12.1 Å². The van der Waals surface area contributed by atoms with Crippen molar-refractivity contribution in [1.29, 1.82) is 0 Å². The minimum Gasteiger partial charge on any atom is -0.449 e. The van der Waals surface area contributed by atoms with Gasteiger partial charge in [-0.25, -0.2) is 4.79 Å². The van der Waals surface area contributed by atoms with Crippen LogP contribution in [0.3, 0.4) is 0 Å². The largest absolute Gasteiger partial charge is 0.449 e. The van der Waals surface area contributed by atoms with E-state index in [0.717, 1.165) is 19.3 Å². The average molecular weight is 323 g/mol. The molecule has 1 N–H and O–H groups in total. The molecule has 3 rings (SSSR count). The van der Waals surface area contributed by atoms with Crippen LogP contribution in [0, 0.1) is 0 Å². The van der Waals surface area contributed by atoms with Gasteiger partial charge in [-0.05, 0) is 49.4 Å². The second-order valence-electron chi connectivity index (χ2n) is 6.07. The third kappa shape index (κ3) is 3.65. The summed E-state index contributed by atoms with van der Waals surface area (Å²) >= 11 is 0. The molecule has 4 heteroatoms. The van der Waals surface area contributed by atoms with Crippen molar-refractivity contribution >= 4 is 11.9 Å². The third-order valence-corrected chi connectivity index (χ3v) is 4.35. The quantitative estimate of drug-likeness (QED) is 0.877. The maximum Gasteiger partial charge on any atom is 0.338 e. The lowest BCUT2D eigenvalue weighted by Crippen LogP contribution is -2.39. The molecule has 0 aliphatic heterocycles. The van der Waals surface area contributed by atoms with E-state index in [9.17, 15) is 9.59 Å². The molecule has 0 unspecified atom stereocenters. The van der Waals surface area contributed by atoms with Crippen LogP contribution in [0.2, 0.25) is 0 Å². The van der Waals surface area contributed by atoms with Crippen molar-refractivity contribution in [3.8, 4) is 0 Å². The number of benzene rings is 2. The van der Waals surface area contributed by atoms with E-state index >= 15 is 0 Å². The van der Waals surface area contributed by atoms with Crippen LogP contribution >= 0.6 is 0 Å². The summed E-state index contributed by atoms with van der Waals surface area (Å²) in [7, 11) is 0. The number of amides is 1. The van der Waals surface area contributed by atoms with Gasteiger partial charge >= 0.3 is 5.97 Å². The molecule has 0 saturated heterocycles. The lowest BCUT2D eigenvalue weighted by molar-refractivity contribution is -0.130.